The summed E-state index contributed by atoms with van der Waals surface area (Å²) in [5, 5.41) is 8.75. The number of amides is 3. The fraction of sp³-hybridized carbons (Fsp3) is 0.550. The summed E-state index contributed by atoms with van der Waals surface area (Å²) in [5.41, 5.74) is 1.71. The van der Waals surface area contributed by atoms with Crippen LogP contribution in [-0.4, -0.2) is 43.4 Å². The average Bonchev–Trinajstić information content (AvgIpc) is 2.53. The van der Waals surface area contributed by atoms with Crippen molar-refractivity contribution < 1.29 is 14.3 Å². The first-order chi connectivity index (χ1) is 12.3. The topological polar surface area (TPSA) is 74.2 Å². The summed E-state index contributed by atoms with van der Waals surface area (Å²) in [5.74, 6) is 0.297. The molecule has 0 unspecified atom stereocenters. The zero-order valence-electron chi connectivity index (χ0n) is 17.5. The van der Waals surface area contributed by atoms with E-state index in [1.54, 1.807) is 20.2 Å². The van der Waals surface area contributed by atoms with E-state index in [1.165, 1.54) is 9.91 Å². The van der Waals surface area contributed by atoms with E-state index < -0.39 is 0 Å². The number of hydrazone groups is 1. The van der Waals surface area contributed by atoms with E-state index >= 15 is 0 Å². The van der Waals surface area contributed by atoms with E-state index in [1.807, 2.05) is 32.9 Å². The normalized spacial score (nSPS) is 15.2. The van der Waals surface area contributed by atoms with Crippen LogP contribution in [-0.2, 0) is 14.9 Å². The van der Waals surface area contributed by atoms with E-state index in [2.05, 4.69) is 31.2 Å². The Labute approximate surface area is 161 Å². The molecule has 1 aromatic rings. The van der Waals surface area contributed by atoms with Gasteiger partial charge in [-0.2, -0.15) is 5.01 Å². The summed E-state index contributed by atoms with van der Waals surface area (Å²) in [7, 11) is 3.37. The van der Waals surface area contributed by atoms with E-state index in [9.17, 15) is 9.59 Å². The van der Waals surface area contributed by atoms with Crippen LogP contribution in [0.15, 0.2) is 23.3 Å². The molecule has 0 atom stereocenters. The first-order valence-corrected chi connectivity index (χ1v) is 8.98. The van der Waals surface area contributed by atoms with Crippen molar-refractivity contribution >= 4 is 29.2 Å². The molecule has 1 aromatic carbocycles. The minimum Gasteiger partial charge on any atom is -0.469 e. The molecule has 1 heterocycles. The highest BCUT2D eigenvalue weighted by molar-refractivity contribution is 6.01. The highest BCUT2D eigenvalue weighted by Crippen LogP contribution is 2.36. The molecule has 2 rings (SSSR count). The van der Waals surface area contributed by atoms with Crippen molar-refractivity contribution in [2.45, 2.75) is 47.0 Å². The van der Waals surface area contributed by atoms with Crippen molar-refractivity contribution in [1.29, 1.82) is 0 Å². The minimum absolute atomic E-state index is 0.0429. The molecule has 0 fully saturated rings. The molecule has 0 aliphatic carbocycles. The molecule has 0 spiro atoms. The predicted molar refractivity (Wildman–Crippen MR) is 108 cm³/mol. The van der Waals surface area contributed by atoms with Crippen LogP contribution in [0.4, 0.5) is 16.2 Å². The first kappa shape index (κ1) is 20.7. The first-order valence-electron chi connectivity index (χ1n) is 8.98. The lowest BCUT2D eigenvalue weighted by Crippen LogP contribution is -2.41. The molecule has 7 nitrogen and oxygen atoms in total. The van der Waals surface area contributed by atoms with Crippen molar-refractivity contribution in [3.05, 3.63) is 23.8 Å². The van der Waals surface area contributed by atoms with Gasteiger partial charge in [-0.1, -0.05) is 41.5 Å². The van der Waals surface area contributed by atoms with Gasteiger partial charge in [0.2, 0.25) is 5.90 Å². The van der Waals surface area contributed by atoms with E-state index in [4.69, 9.17) is 4.74 Å². The Morgan fingerprint density at radius 2 is 1.78 bits per heavy atom. The second kappa shape index (κ2) is 7.21. The largest absolute Gasteiger partial charge is 0.469 e. The van der Waals surface area contributed by atoms with Crippen LogP contribution in [0.1, 0.15) is 47.1 Å². The molecule has 1 N–H and O–H groups in total. The Morgan fingerprint density at radius 3 is 2.30 bits per heavy atom. The van der Waals surface area contributed by atoms with E-state index in [0.717, 1.165) is 5.56 Å². The van der Waals surface area contributed by atoms with Gasteiger partial charge in [-0.05, 0) is 29.2 Å². The summed E-state index contributed by atoms with van der Waals surface area (Å²) >= 11 is 0. The number of anilines is 2. The Bertz CT molecular complexity index is 770. The molecule has 27 heavy (non-hydrogen) atoms. The number of carbonyl (C=O) groups excluding carboxylic acids is 2. The van der Waals surface area contributed by atoms with Crippen LogP contribution in [0.2, 0.25) is 0 Å². The standard InChI is InChI=1S/C20H30N4O3/c1-19(2,3)14-11-13(21-18(26)23(7)8)9-10-15(14)24-16(25)12-27-17(22-24)20(4,5)6/h9-11H,12H2,1-8H3,(H,21,26). The van der Waals surface area contributed by atoms with E-state index in [0.29, 0.717) is 17.3 Å². The molecular formula is C20H30N4O3. The van der Waals surface area contributed by atoms with Gasteiger partial charge in [-0.25, -0.2) is 4.79 Å². The van der Waals surface area contributed by atoms with Gasteiger partial charge in [0.25, 0.3) is 5.91 Å². The molecule has 7 heteroatoms. The van der Waals surface area contributed by atoms with Crippen molar-refractivity contribution in [3.8, 4) is 0 Å². The number of hydrogen-bond acceptors (Lipinski definition) is 4. The summed E-state index contributed by atoms with van der Waals surface area (Å²) in [6.45, 7) is 12.1. The van der Waals surface area contributed by atoms with Crippen LogP contribution < -0.4 is 10.3 Å². The Morgan fingerprint density at radius 1 is 1.15 bits per heavy atom. The molecule has 0 radical (unpaired) electrons. The molecule has 148 valence electrons. The maximum atomic E-state index is 12.5. The fourth-order valence-corrected chi connectivity index (χ4v) is 2.56. The molecule has 0 saturated carbocycles. The fourth-order valence-electron chi connectivity index (χ4n) is 2.56. The molecule has 1 aliphatic heterocycles. The number of hydrogen-bond donors (Lipinski definition) is 1. The molecule has 1 aliphatic rings. The number of urea groups is 1. The van der Waals surface area contributed by atoms with Crippen molar-refractivity contribution in [1.82, 2.24) is 4.90 Å². The number of carbonyl (C=O) groups is 2. The summed E-state index contributed by atoms with van der Waals surface area (Å²) < 4.78 is 5.53. The van der Waals surface area contributed by atoms with Gasteiger partial charge in [0.1, 0.15) is 0 Å². The van der Waals surface area contributed by atoms with Crippen molar-refractivity contribution in [3.63, 3.8) is 0 Å². The van der Waals surface area contributed by atoms with Gasteiger partial charge in [0, 0.05) is 25.2 Å². The maximum absolute atomic E-state index is 12.5. The van der Waals surface area contributed by atoms with Gasteiger partial charge in [-0.3, -0.25) is 4.79 Å². The minimum atomic E-state index is -0.305. The van der Waals surface area contributed by atoms with Crippen LogP contribution >= 0.6 is 0 Å². The van der Waals surface area contributed by atoms with Gasteiger partial charge in [0.15, 0.2) is 6.61 Å². The van der Waals surface area contributed by atoms with Crippen LogP contribution in [0.3, 0.4) is 0 Å². The lowest BCUT2D eigenvalue weighted by atomic mass is 9.85. The Balaban J connectivity index is 2.52. The summed E-state index contributed by atoms with van der Waals surface area (Å²) in [6, 6.07) is 5.28. The third kappa shape index (κ3) is 4.78. The third-order valence-electron chi connectivity index (χ3n) is 4.09. The summed E-state index contributed by atoms with van der Waals surface area (Å²) in [6.07, 6.45) is 0. The second-order valence-electron chi connectivity index (χ2n) is 8.96. The third-order valence-corrected chi connectivity index (χ3v) is 4.09. The second-order valence-corrected chi connectivity index (χ2v) is 8.96. The Hall–Kier alpha value is -2.57. The van der Waals surface area contributed by atoms with E-state index in [-0.39, 0.29) is 29.4 Å². The lowest BCUT2D eigenvalue weighted by molar-refractivity contribution is -0.122. The highest BCUT2D eigenvalue weighted by atomic mass is 16.5. The van der Waals surface area contributed by atoms with Gasteiger partial charge in [0.05, 0.1) is 5.69 Å². The van der Waals surface area contributed by atoms with Crippen LogP contribution in [0.5, 0.6) is 0 Å². The summed E-state index contributed by atoms with van der Waals surface area (Å²) in [4.78, 5) is 26.0. The Kier molecular flexibility index (Phi) is 5.54. The monoisotopic (exact) mass is 374 g/mol. The number of rotatable bonds is 2. The lowest BCUT2D eigenvalue weighted by Gasteiger charge is -2.32. The maximum Gasteiger partial charge on any atom is 0.321 e. The molecule has 0 aromatic heterocycles. The van der Waals surface area contributed by atoms with Gasteiger partial charge < -0.3 is 15.0 Å². The number of nitrogens with one attached hydrogen (secondary N) is 1. The number of nitrogens with zero attached hydrogens (tertiary/aromatic N) is 3. The zero-order valence-corrected chi connectivity index (χ0v) is 17.5. The average molecular weight is 374 g/mol. The van der Waals surface area contributed by atoms with Crippen LogP contribution in [0.25, 0.3) is 0 Å². The number of benzene rings is 1. The smallest absolute Gasteiger partial charge is 0.321 e. The van der Waals surface area contributed by atoms with Gasteiger partial charge in [-0.15, -0.1) is 5.10 Å². The predicted octanol–water partition coefficient (Wildman–Crippen LogP) is 3.80. The van der Waals surface area contributed by atoms with Crippen molar-refractivity contribution in [2.24, 2.45) is 10.5 Å². The van der Waals surface area contributed by atoms with Crippen molar-refractivity contribution in [2.75, 3.05) is 31.0 Å². The molecule has 3 amide bonds. The molecular weight excluding hydrogens is 344 g/mol. The zero-order chi connectivity index (χ0) is 20.6. The highest BCUT2D eigenvalue weighted by Gasteiger charge is 2.32. The molecule has 0 bridgehead atoms. The number of ether oxygens (including phenoxy) is 1. The SMILES string of the molecule is CN(C)C(=O)Nc1ccc(N2N=C(C(C)(C)C)OCC2=O)c(C(C)(C)C)c1. The van der Waals surface area contributed by atoms with Crippen LogP contribution in [0, 0.1) is 5.41 Å². The van der Waals surface area contributed by atoms with Gasteiger partial charge >= 0.3 is 6.03 Å². The molecule has 0 saturated heterocycles. The quantitative estimate of drug-likeness (QED) is 0.855.